The molecule has 1 fully saturated rings. The lowest BCUT2D eigenvalue weighted by molar-refractivity contribution is -0.138. The standard InChI is InChI=1S/C21H21ClN4O3/c1-14-19(25-29-24-14)12-21(27)26-8-9-28-20(13-26)18-7-3-6-17(23-18)11-15-4-2-5-16(22)10-15/h2-7,10,20H,8-9,11-13H2,1H3/t20-/m1/s1. The molecule has 7 nitrogen and oxygen atoms in total. The molecule has 0 aliphatic carbocycles. The number of aromatic nitrogens is 3. The summed E-state index contributed by atoms with van der Waals surface area (Å²) in [6.45, 7) is 3.24. The molecule has 8 heteroatoms. The van der Waals surface area contributed by atoms with Crippen LogP contribution in [0.5, 0.6) is 0 Å². The summed E-state index contributed by atoms with van der Waals surface area (Å²) in [6.07, 6.45) is 0.593. The summed E-state index contributed by atoms with van der Waals surface area (Å²) < 4.78 is 10.6. The summed E-state index contributed by atoms with van der Waals surface area (Å²) >= 11 is 6.08. The van der Waals surface area contributed by atoms with Crippen molar-refractivity contribution in [2.45, 2.75) is 25.9 Å². The molecule has 1 aromatic carbocycles. The number of aryl methyl sites for hydroxylation is 1. The number of pyridine rings is 1. The van der Waals surface area contributed by atoms with Crippen molar-refractivity contribution >= 4 is 17.5 Å². The van der Waals surface area contributed by atoms with E-state index in [1.807, 2.05) is 42.5 Å². The Kier molecular flexibility index (Phi) is 5.87. The molecular formula is C21H21ClN4O3. The SMILES string of the molecule is Cc1nonc1CC(=O)N1CCO[C@@H](c2cccc(Cc3cccc(Cl)c3)n2)C1. The largest absolute Gasteiger partial charge is 0.368 e. The molecule has 0 bridgehead atoms. The fraction of sp³-hybridized carbons (Fsp3) is 0.333. The number of morpholine rings is 1. The Morgan fingerprint density at radius 3 is 2.90 bits per heavy atom. The smallest absolute Gasteiger partial charge is 0.228 e. The summed E-state index contributed by atoms with van der Waals surface area (Å²) in [5.41, 5.74) is 4.06. The Balaban J connectivity index is 1.44. The van der Waals surface area contributed by atoms with E-state index in [1.165, 1.54) is 0 Å². The van der Waals surface area contributed by atoms with Crippen LogP contribution >= 0.6 is 11.6 Å². The molecule has 1 aliphatic heterocycles. The van der Waals surface area contributed by atoms with Crippen LogP contribution < -0.4 is 0 Å². The van der Waals surface area contributed by atoms with E-state index in [9.17, 15) is 4.79 Å². The van der Waals surface area contributed by atoms with Gasteiger partial charge in [-0.1, -0.05) is 40.1 Å². The fourth-order valence-electron chi connectivity index (χ4n) is 3.35. The number of rotatable bonds is 5. The van der Waals surface area contributed by atoms with E-state index in [-0.39, 0.29) is 18.4 Å². The van der Waals surface area contributed by atoms with E-state index < -0.39 is 0 Å². The quantitative estimate of drug-likeness (QED) is 0.640. The summed E-state index contributed by atoms with van der Waals surface area (Å²) in [5.74, 6) is -0.0211. The minimum absolute atomic E-state index is 0.0211. The molecule has 1 saturated heterocycles. The summed E-state index contributed by atoms with van der Waals surface area (Å²) in [7, 11) is 0. The maximum atomic E-state index is 12.7. The highest BCUT2D eigenvalue weighted by Crippen LogP contribution is 2.22. The summed E-state index contributed by atoms with van der Waals surface area (Å²) in [6, 6.07) is 13.6. The van der Waals surface area contributed by atoms with E-state index in [1.54, 1.807) is 11.8 Å². The van der Waals surface area contributed by atoms with Crippen molar-refractivity contribution in [3.63, 3.8) is 0 Å². The maximum Gasteiger partial charge on any atom is 0.228 e. The van der Waals surface area contributed by atoms with Crippen molar-refractivity contribution in [1.82, 2.24) is 20.2 Å². The van der Waals surface area contributed by atoms with E-state index in [4.69, 9.17) is 21.3 Å². The van der Waals surface area contributed by atoms with Crippen molar-refractivity contribution in [1.29, 1.82) is 0 Å². The molecule has 3 aromatic rings. The first-order chi connectivity index (χ1) is 14.1. The number of hydrogen-bond donors (Lipinski definition) is 0. The summed E-state index contributed by atoms with van der Waals surface area (Å²) in [5, 5.41) is 8.24. The van der Waals surface area contributed by atoms with Gasteiger partial charge in [0.25, 0.3) is 0 Å². The number of carbonyl (C=O) groups excluding carboxylic acids is 1. The third-order valence-corrected chi connectivity index (χ3v) is 5.15. The van der Waals surface area contributed by atoms with Gasteiger partial charge >= 0.3 is 0 Å². The number of carbonyl (C=O) groups is 1. The number of amides is 1. The fourth-order valence-corrected chi connectivity index (χ4v) is 3.56. The predicted octanol–water partition coefficient (Wildman–Crippen LogP) is 3.16. The average Bonchev–Trinajstić information content (AvgIpc) is 3.13. The molecule has 3 heterocycles. The molecule has 1 aliphatic rings. The van der Waals surface area contributed by atoms with Gasteiger partial charge in [-0.15, -0.1) is 0 Å². The van der Waals surface area contributed by atoms with Crippen molar-refractivity contribution in [3.05, 3.63) is 75.8 Å². The molecule has 150 valence electrons. The Hall–Kier alpha value is -2.77. The number of nitrogens with zero attached hydrogens (tertiary/aromatic N) is 4. The maximum absolute atomic E-state index is 12.7. The van der Waals surface area contributed by atoms with Gasteiger partial charge in [0.15, 0.2) is 0 Å². The van der Waals surface area contributed by atoms with Gasteiger partial charge < -0.3 is 9.64 Å². The van der Waals surface area contributed by atoms with Crippen LogP contribution in [0.25, 0.3) is 0 Å². The molecule has 0 N–H and O–H groups in total. The van der Waals surface area contributed by atoms with E-state index in [0.717, 1.165) is 17.0 Å². The third kappa shape index (κ3) is 4.81. The van der Waals surface area contributed by atoms with Gasteiger partial charge in [-0.3, -0.25) is 9.78 Å². The lowest BCUT2D eigenvalue weighted by Crippen LogP contribution is -2.43. The molecule has 0 unspecified atom stereocenters. The van der Waals surface area contributed by atoms with Crippen LogP contribution in [0, 0.1) is 6.92 Å². The molecule has 2 aromatic heterocycles. The third-order valence-electron chi connectivity index (χ3n) is 4.92. The molecule has 1 atom stereocenters. The van der Waals surface area contributed by atoms with Crippen molar-refractivity contribution in [3.8, 4) is 0 Å². The first kappa shape index (κ1) is 19.5. The van der Waals surface area contributed by atoms with Crippen LogP contribution in [-0.4, -0.2) is 45.8 Å². The lowest BCUT2D eigenvalue weighted by Gasteiger charge is -2.32. The van der Waals surface area contributed by atoms with E-state index in [2.05, 4.69) is 14.9 Å². The molecule has 1 amide bonds. The van der Waals surface area contributed by atoms with Crippen LogP contribution in [0.15, 0.2) is 47.1 Å². The highest BCUT2D eigenvalue weighted by Gasteiger charge is 2.27. The van der Waals surface area contributed by atoms with Crippen LogP contribution in [0.2, 0.25) is 5.02 Å². The van der Waals surface area contributed by atoms with Crippen molar-refractivity contribution in [2.24, 2.45) is 0 Å². The predicted molar refractivity (Wildman–Crippen MR) is 107 cm³/mol. The van der Waals surface area contributed by atoms with Gasteiger partial charge in [-0.05, 0) is 36.8 Å². The Bertz CT molecular complexity index is 1010. The molecule has 0 spiro atoms. The zero-order valence-electron chi connectivity index (χ0n) is 16.0. The lowest BCUT2D eigenvalue weighted by atomic mass is 10.1. The molecule has 4 rings (SSSR count). The highest BCUT2D eigenvalue weighted by molar-refractivity contribution is 6.30. The molecular weight excluding hydrogens is 392 g/mol. The van der Waals surface area contributed by atoms with Gasteiger partial charge in [-0.25, -0.2) is 4.63 Å². The number of hydrogen-bond acceptors (Lipinski definition) is 6. The first-order valence-electron chi connectivity index (χ1n) is 9.46. The Morgan fingerprint density at radius 1 is 1.24 bits per heavy atom. The van der Waals surface area contributed by atoms with Gasteiger partial charge in [0.2, 0.25) is 5.91 Å². The topological polar surface area (TPSA) is 81.4 Å². The van der Waals surface area contributed by atoms with Crippen LogP contribution in [-0.2, 0) is 22.4 Å². The van der Waals surface area contributed by atoms with Crippen molar-refractivity contribution < 1.29 is 14.2 Å². The molecule has 0 radical (unpaired) electrons. The second-order valence-corrected chi connectivity index (χ2v) is 7.47. The average molecular weight is 413 g/mol. The minimum atomic E-state index is -0.261. The first-order valence-corrected chi connectivity index (χ1v) is 9.84. The number of halogens is 1. The Labute approximate surface area is 173 Å². The second kappa shape index (κ2) is 8.71. The van der Waals surface area contributed by atoms with E-state index in [0.29, 0.717) is 42.5 Å². The zero-order valence-corrected chi connectivity index (χ0v) is 16.8. The van der Waals surface area contributed by atoms with Crippen LogP contribution in [0.4, 0.5) is 0 Å². The minimum Gasteiger partial charge on any atom is -0.368 e. The van der Waals surface area contributed by atoms with Gasteiger partial charge in [-0.2, -0.15) is 0 Å². The zero-order chi connectivity index (χ0) is 20.2. The summed E-state index contributed by atoms with van der Waals surface area (Å²) in [4.78, 5) is 19.2. The highest BCUT2D eigenvalue weighted by atomic mass is 35.5. The number of ether oxygens (including phenoxy) is 1. The van der Waals surface area contributed by atoms with Crippen LogP contribution in [0.3, 0.4) is 0 Å². The van der Waals surface area contributed by atoms with Gasteiger partial charge in [0.1, 0.15) is 17.5 Å². The monoisotopic (exact) mass is 412 g/mol. The Morgan fingerprint density at radius 2 is 2.10 bits per heavy atom. The van der Waals surface area contributed by atoms with Gasteiger partial charge in [0.05, 0.1) is 25.3 Å². The molecule has 29 heavy (non-hydrogen) atoms. The second-order valence-electron chi connectivity index (χ2n) is 7.03. The van der Waals surface area contributed by atoms with Crippen molar-refractivity contribution in [2.75, 3.05) is 19.7 Å². The molecule has 0 saturated carbocycles. The van der Waals surface area contributed by atoms with E-state index >= 15 is 0 Å². The van der Waals surface area contributed by atoms with Crippen LogP contribution in [0.1, 0.15) is 34.4 Å². The normalized spacial score (nSPS) is 16.8. The number of benzene rings is 1. The van der Waals surface area contributed by atoms with Gasteiger partial charge in [0, 0.05) is 23.7 Å².